The molecule has 0 saturated carbocycles. The van der Waals surface area contributed by atoms with Crippen molar-refractivity contribution >= 4 is 70.1 Å². The van der Waals surface area contributed by atoms with E-state index in [0.29, 0.717) is 0 Å². The minimum absolute atomic E-state index is 1.19. The van der Waals surface area contributed by atoms with Crippen LogP contribution in [0.4, 0.5) is 0 Å². The van der Waals surface area contributed by atoms with Crippen LogP contribution in [0.25, 0.3) is 66.1 Å². The summed E-state index contributed by atoms with van der Waals surface area (Å²) in [5.74, 6) is 0. The number of aromatic nitrogens is 2. The maximum atomic E-state index is 2.57. The lowest BCUT2D eigenvalue weighted by Crippen LogP contribution is -2.63. The van der Waals surface area contributed by atoms with Crippen LogP contribution in [0.1, 0.15) is 0 Å². The van der Waals surface area contributed by atoms with E-state index in [4.69, 9.17) is 0 Å². The van der Waals surface area contributed by atoms with E-state index in [0.717, 1.165) is 0 Å². The third kappa shape index (κ3) is 4.06. The molecule has 1 aliphatic heterocycles. The zero-order valence-corrected chi connectivity index (χ0v) is 29.0. The average Bonchev–Trinajstić information content (AvgIpc) is 3.59. The number of hydrogen-bond acceptors (Lipinski definition) is 0. The van der Waals surface area contributed by atoms with E-state index in [-0.39, 0.29) is 0 Å². The lowest BCUT2D eigenvalue weighted by molar-refractivity contribution is 1.17. The highest BCUT2D eigenvalue weighted by atomic mass is 28.3. The number of rotatable bonds is 3. The number of nitrogens with zero attached hydrogens (tertiary/aromatic N) is 2. The Kier molecular flexibility index (Phi) is 5.96. The lowest BCUT2D eigenvalue weighted by atomic mass is 10.0. The van der Waals surface area contributed by atoms with Gasteiger partial charge in [0.1, 0.15) is 0 Å². The predicted octanol–water partition coefficient (Wildman–Crippen LogP) is 10.4. The highest BCUT2D eigenvalue weighted by molar-refractivity contribution is 7.03. The second kappa shape index (κ2) is 9.92. The molecule has 0 fully saturated rings. The summed E-state index contributed by atoms with van der Waals surface area (Å²) in [7, 11) is -2.81. The van der Waals surface area contributed by atoms with Crippen molar-refractivity contribution in [2.45, 2.75) is 38.3 Å². The van der Waals surface area contributed by atoms with Crippen LogP contribution in [0.2, 0.25) is 38.3 Å². The Morgan fingerprint density at radius 3 is 1.52 bits per heavy atom. The van der Waals surface area contributed by atoms with Crippen molar-refractivity contribution < 1.29 is 0 Å². The fourth-order valence-electron chi connectivity index (χ4n) is 8.17. The quantitative estimate of drug-likeness (QED) is 0.173. The van der Waals surface area contributed by atoms with Gasteiger partial charge in [-0.05, 0) is 59.7 Å². The first-order valence-corrected chi connectivity index (χ1v) is 23.0. The third-order valence-electron chi connectivity index (χ3n) is 10.8. The molecular formula is C42H38N2Si2. The van der Waals surface area contributed by atoms with Gasteiger partial charge in [0.05, 0.1) is 38.2 Å². The summed E-state index contributed by atoms with van der Waals surface area (Å²) in [6.45, 7) is 10.3. The monoisotopic (exact) mass is 626 g/mol. The molecule has 0 unspecified atom stereocenters. The molecule has 0 aliphatic carbocycles. The van der Waals surface area contributed by atoms with Crippen LogP contribution in [0.15, 0.2) is 133 Å². The molecule has 0 atom stereocenters. The Morgan fingerprint density at radius 1 is 0.391 bits per heavy atom. The van der Waals surface area contributed by atoms with Crippen LogP contribution in [0.5, 0.6) is 0 Å². The minimum Gasteiger partial charge on any atom is -0.309 e. The largest absolute Gasteiger partial charge is 0.309 e. The van der Waals surface area contributed by atoms with Crippen molar-refractivity contribution in [3.05, 3.63) is 133 Å². The van der Waals surface area contributed by atoms with Gasteiger partial charge in [-0.3, -0.25) is 0 Å². The molecule has 0 N–H and O–H groups in total. The number of para-hydroxylation sites is 3. The van der Waals surface area contributed by atoms with Gasteiger partial charge in [0, 0.05) is 32.9 Å². The van der Waals surface area contributed by atoms with Gasteiger partial charge < -0.3 is 9.13 Å². The van der Waals surface area contributed by atoms with Crippen molar-refractivity contribution in [1.82, 2.24) is 9.13 Å². The predicted molar refractivity (Wildman–Crippen MR) is 204 cm³/mol. The molecule has 224 valence electrons. The molecule has 2 aromatic heterocycles. The normalized spacial score (nSPS) is 15.6. The van der Waals surface area contributed by atoms with Crippen molar-refractivity contribution in [2.75, 3.05) is 0 Å². The van der Waals surface area contributed by atoms with Gasteiger partial charge in [0.2, 0.25) is 0 Å². The molecule has 1 aliphatic rings. The third-order valence-corrected chi connectivity index (χ3v) is 18.3. The first-order valence-electron chi connectivity index (χ1n) is 16.6. The second-order valence-corrected chi connectivity index (χ2v) is 24.1. The Bertz CT molecular complexity index is 2440. The van der Waals surface area contributed by atoms with E-state index >= 15 is 0 Å². The first-order chi connectivity index (χ1) is 22.3. The van der Waals surface area contributed by atoms with Gasteiger partial charge in [-0.15, -0.1) is 0 Å². The van der Waals surface area contributed by atoms with Gasteiger partial charge in [-0.25, -0.2) is 0 Å². The Labute approximate surface area is 272 Å². The van der Waals surface area contributed by atoms with Crippen molar-refractivity contribution in [2.24, 2.45) is 0 Å². The molecule has 4 heteroatoms. The summed E-state index contributed by atoms with van der Waals surface area (Å²) in [5.41, 5.74) is 9.98. The van der Waals surface area contributed by atoms with Gasteiger partial charge >= 0.3 is 0 Å². The summed E-state index contributed by atoms with van der Waals surface area (Å²) >= 11 is 0. The van der Waals surface area contributed by atoms with Crippen molar-refractivity contribution in [3.8, 4) is 22.5 Å². The van der Waals surface area contributed by atoms with Crippen molar-refractivity contribution in [3.63, 3.8) is 0 Å². The molecular weight excluding hydrogens is 589 g/mol. The van der Waals surface area contributed by atoms with Gasteiger partial charge in [-0.1, -0.05) is 134 Å². The van der Waals surface area contributed by atoms with Crippen molar-refractivity contribution in [1.29, 1.82) is 0 Å². The van der Waals surface area contributed by atoms with Crippen LogP contribution >= 0.6 is 0 Å². The molecule has 0 amide bonds. The summed E-state index contributed by atoms with van der Waals surface area (Å²) in [5, 5.41) is 8.53. The highest BCUT2D eigenvalue weighted by Gasteiger charge is 2.39. The van der Waals surface area contributed by atoms with Crippen LogP contribution in [-0.2, 0) is 0 Å². The van der Waals surface area contributed by atoms with Gasteiger partial charge in [0.15, 0.2) is 0 Å². The topological polar surface area (TPSA) is 9.86 Å². The Balaban J connectivity index is 1.23. The molecule has 3 heterocycles. The number of benzene rings is 6. The van der Waals surface area contributed by atoms with Gasteiger partial charge in [-0.2, -0.15) is 0 Å². The summed E-state index contributed by atoms with van der Waals surface area (Å²) in [4.78, 5) is 0. The van der Waals surface area contributed by atoms with Crippen LogP contribution in [-0.4, -0.2) is 25.3 Å². The highest BCUT2D eigenvalue weighted by Crippen LogP contribution is 2.37. The standard InChI is InChI=1S/C42H38N2Si2/c1-45(2)24-25-46(3,4)42-27-30(20-23-41(42)45)29-12-11-13-31(26-29)43-39-19-10-7-16-35(39)36-28-32(21-22-40(36)43)44-37-17-8-5-14-33(37)34-15-6-9-18-38(34)44/h5-23,26-28H,24-25H2,1-4H3. The van der Waals surface area contributed by atoms with E-state index < -0.39 is 16.1 Å². The molecule has 2 nitrogen and oxygen atoms in total. The molecule has 0 spiro atoms. The molecule has 8 aromatic rings. The Hall–Kier alpha value is -4.65. The van der Waals surface area contributed by atoms with Gasteiger partial charge in [0.25, 0.3) is 0 Å². The summed E-state index contributed by atoms with van der Waals surface area (Å²) in [6.07, 6.45) is 0. The zero-order valence-electron chi connectivity index (χ0n) is 27.0. The second-order valence-electron chi connectivity index (χ2n) is 14.5. The van der Waals surface area contributed by atoms with E-state index in [1.807, 2.05) is 0 Å². The first kappa shape index (κ1) is 27.6. The SMILES string of the molecule is C[Si]1(C)CC[Si](C)(C)c2cc(-c3cccc(-n4c5ccccc5c5cc(-n6c7ccccc7c7ccccc76)ccc54)c3)ccc21. The van der Waals surface area contributed by atoms with E-state index in [2.05, 4.69) is 169 Å². The molecule has 0 saturated heterocycles. The maximum Gasteiger partial charge on any atom is 0.0802 e. The fraction of sp³-hybridized carbons (Fsp3) is 0.143. The average molecular weight is 627 g/mol. The van der Waals surface area contributed by atoms with E-state index in [9.17, 15) is 0 Å². The van der Waals surface area contributed by atoms with E-state index in [1.165, 1.54) is 78.2 Å². The molecule has 46 heavy (non-hydrogen) atoms. The molecule has 6 aromatic carbocycles. The maximum absolute atomic E-state index is 2.57. The Morgan fingerprint density at radius 2 is 0.891 bits per heavy atom. The lowest BCUT2D eigenvalue weighted by Gasteiger charge is -2.39. The summed E-state index contributed by atoms with van der Waals surface area (Å²) in [6, 6.07) is 52.9. The number of fused-ring (bicyclic) bond motifs is 7. The smallest absolute Gasteiger partial charge is 0.0802 e. The number of hydrogen-bond donors (Lipinski definition) is 0. The van der Waals surface area contributed by atoms with Crippen LogP contribution in [0, 0.1) is 0 Å². The van der Waals surface area contributed by atoms with Crippen LogP contribution < -0.4 is 10.4 Å². The van der Waals surface area contributed by atoms with E-state index in [1.54, 1.807) is 10.4 Å². The minimum atomic E-state index is -1.44. The zero-order chi connectivity index (χ0) is 31.2. The molecule has 9 rings (SSSR count). The molecule has 0 bridgehead atoms. The summed E-state index contributed by atoms with van der Waals surface area (Å²) < 4.78 is 4.87. The fourth-order valence-corrected chi connectivity index (χ4v) is 18.4. The molecule has 0 radical (unpaired) electrons. The van der Waals surface area contributed by atoms with Crippen LogP contribution in [0.3, 0.4) is 0 Å².